The first-order chi connectivity index (χ1) is 19.1. The van der Waals surface area contributed by atoms with Crippen molar-refractivity contribution in [2.45, 2.75) is 19.5 Å². The minimum absolute atomic E-state index is 0.187. The third-order valence-electron chi connectivity index (χ3n) is 7.07. The number of anilines is 2. The van der Waals surface area contributed by atoms with Gasteiger partial charge in [-0.25, -0.2) is 0 Å². The fraction of sp³-hybridized carbons (Fsp3) is 0.0909. The zero-order valence-electron chi connectivity index (χ0n) is 21.2. The number of halogens is 1. The Morgan fingerprint density at radius 2 is 1.54 bits per heavy atom. The molecule has 0 atom stereocenters. The highest BCUT2D eigenvalue weighted by Crippen LogP contribution is 2.31. The molecule has 0 bridgehead atoms. The topological polar surface area (TPSA) is 54.3 Å². The summed E-state index contributed by atoms with van der Waals surface area (Å²) >= 11 is 6.65. The Balaban J connectivity index is 1.24. The van der Waals surface area contributed by atoms with E-state index in [2.05, 4.69) is 9.88 Å². The third-order valence-corrected chi connectivity index (χ3v) is 7.38. The van der Waals surface area contributed by atoms with E-state index < -0.39 is 0 Å². The van der Waals surface area contributed by atoms with Gasteiger partial charge in [0.05, 0.1) is 17.1 Å². The van der Waals surface area contributed by atoms with Gasteiger partial charge in [0.15, 0.2) is 0 Å². The van der Waals surface area contributed by atoms with Crippen LogP contribution in [0.5, 0.6) is 0 Å². The summed E-state index contributed by atoms with van der Waals surface area (Å²) in [5.41, 5.74) is 6.56. The smallest absolute Gasteiger partial charge is 0.260 e. The van der Waals surface area contributed by atoms with Crippen LogP contribution in [0.15, 0.2) is 115 Å². The van der Waals surface area contributed by atoms with Crippen LogP contribution in [0.4, 0.5) is 11.4 Å². The number of carbonyl (C=O) groups excluding carboxylic acids is 2. The fourth-order valence-corrected chi connectivity index (χ4v) is 5.35. The van der Waals surface area contributed by atoms with Gasteiger partial charge in [-0.05, 0) is 65.6 Å². The maximum atomic E-state index is 13.8. The fourth-order valence-electron chi connectivity index (χ4n) is 5.09. The second-order valence-corrected chi connectivity index (χ2v) is 10.0. The number of benzene rings is 4. The molecule has 6 heteroatoms. The maximum absolute atomic E-state index is 13.8. The van der Waals surface area contributed by atoms with Gasteiger partial charge in [-0.3, -0.25) is 9.59 Å². The predicted octanol–water partition coefficient (Wildman–Crippen LogP) is 7.19. The molecule has 0 radical (unpaired) electrons. The average molecular weight is 532 g/mol. The van der Waals surface area contributed by atoms with Crippen LogP contribution >= 0.6 is 11.6 Å². The lowest BCUT2D eigenvalue weighted by atomic mass is 9.99. The Morgan fingerprint density at radius 1 is 0.769 bits per heavy atom. The number of hydrogen-bond acceptors (Lipinski definition) is 2. The number of aromatic nitrogens is 1. The molecular weight excluding hydrogens is 506 g/mol. The lowest BCUT2D eigenvalue weighted by Crippen LogP contribution is -2.30. The number of para-hydroxylation sites is 1. The molecule has 0 saturated heterocycles. The highest BCUT2D eigenvalue weighted by atomic mass is 35.5. The molecule has 0 fully saturated rings. The van der Waals surface area contributed by atoms with Crippen molar-refractivity contribution in [1.29, 1.82) is 0 Å². The van der Waals surface area contributed by atoms with E-state index in [0.717, 1.165) is 28.1 Å². The standard InChI is InChI=1S/C33H26ClN3O2/c34-30-20-26(35-32(38)28-14-6-4-11-24(28)19-23-9-2-1-3-10-23)16-17-29(30)33(39)37-22-27-13-8-18-36(27)21-25-12-5-7-15-31(25)37/h1-18,20H,19,21-22H2,(H,35,38). The zero-order valence-corrected chi connectivity index (χ0v) is 21.9. The highest BCUT2D eigenvalue weighted by Gasteiger charge is 2.26. The van der Waals surface area contributed by atoms with Gasteiger partial charge in [-0.15, -0.1) is 0 Å². The first-order valence-corrected chi connectivity index (χ1v) is 13.2. The van der Waals surface area contributed by atoms with Gasteiger partial charge in [0.1, 0.15) is 0 Å². The van der Waals surface area contributed by atoms with E-state index in [9.17, 15) is 9.59 Å². The van der Waals surface area contributed by atoms with E-state index in [4.69, 9.17) is 11.6 Å². The highest BCUT2D eigenvalue weighted by molar-refractivity contribution is 6.35. The van der Waals surface area contributed by atoms with E-state index in [0.29, 0.717) is 36.3 Å². The van der Waals surface area contributed by atoms with Crippen molar-refractivity contribution in [1.82, 2.24) is 4.57 Å². The summed E-state index contributed by atoms with van der Waals surface area (Å²) in [5, 5.41) is 3.24. The Morgan fingerprint density at radius 3 is 2.38 bits per heavy atom. The van der Waals surface area contributed by atoms with E-state index >= 15 is 0 Å². The molecule has 2 amide bonds. The predicted molar refractivity (Wildman–Crippen MR) is 156 cm³/mol. The van der Waals surface area contributed by atoms with E-state index in [1.54, 1.807) is 23.1 Å². The first-order valence-electron chi connectivity index (χ1n) is 12.8. The molecule has 0 unspecified atom stereocenters. The van der Waals surface area contributed by atoms with Crippen molar-refractivity contribution in [2.75, 3.05) is 10.2 Å². The number of nitrogens with zero attached hydrogens (tertiary/aromatic N) is 2. The maximum Gasteiger partial charge on any atom is 0.260 e. The molecule has 2 heterocycles. The van der Waals surface area contributed by atoms with E-state index in [-0.39, 0.29) is 16.8 Å². The molecule has 1 aliphatic rings. The van der Waals surface area contributed by atoms with Gasteiger partial charge in [0, 0.05) is 35.4 Å². The summed E-state index contributed by atoms with van der Waals surface area (Å²) in [6.45, 7) is 1.14. The molecule has 6 rings (SSSR count). The molecule has 4 aromatic carbocycles. The number of amides is 2. The first kappa shape index (κ1) is 24.7. The largest absolute Gasteiger partial charge is 0.345 e. The average Bonchev–Trinajstić information content (AvgIpc) is 3.32. The van der Waals surface area contributed by atoms with Crippen molar-refractivity contribution < 1.29 is 9.59 Å². The normalized spacial score (nSPS) is 12.3. The molecule has 0 saturated carbocycles. The molecule has 1 aromatic heterocycles. The van der Waals surface area contributed by atoms with Gasteiger partial charge in [-0.1, -0.05) is 78.3 Å². The quantitative estimate of drug-likeness (QED) is 0.261. The summed E-state index contributed by atoms with van der Waals surface area (Å²) in [5.74, 6) is -0.410. The van der Waals surface area contributed by atoms with Crippen molar-refractivity contribution in [2.24, 2.45) is 0 Å². The summed E-state index contributed by atoms with van der Waals surface area (Å²) in [6, 6.07) is 34.6. The van der Waals surface area contributed by atoms with Crippen LogP contribution in [0.1, 0.15) is 43.1 Å². The van der Waals surface area contributed by atoms with Crippen LogP contribution in [-0.2, 0) is 19.5 Å². The van der Waals surface area contributed by atoms with Gasteiger partial charge >= 0.3 is 0 Å². The molecule has 39 heavy (non-hydrogen) atoms. The molecule has 1 N–H and O–H groups in total. The van der Waals surface area contributed by atoms with Crippen LogP contribution in [0.3, 0.4) is 0 Å². The second kappa shape index (κ2) is 10.6. The summed E-state index contributed by atoms with van der Waals surface area (Å²) in [4.78, 5) is 28.8. The van der Waals surface area contributed by atoms with Gasteiger partial charge in [0.25, 0.3) is 11.8 Å². The van der Waals surface area contributed by atoms with E-state index in [1.807, 2.05) is 97.2 Å². The van der Waals surface area contributed by atoms with Crippen molar-refractivity contribution in [3.8, 4) is 0 Å². The monoisotopic (exact) mass is 531 g/mol. The number of rotatable bonds is 5. The Bertz CT molecular complexity index is 1680. The SMILES string of the molecule is O=C(Nc1ccc(C(=O)N2Cc3cccn3Cc3ccccc32)c(Cl)c1)c1ccccc1Cc1ccccc1. The Labute approximate surface area is 232 Å². The van der Waals surface area contributed by atoms with Crippen molar-refractivity contribution in [3.63, 3.8) is 0 Å². The Kier molecular flexibility index (Phi) is 6.74. The van der Waals surface area contributed by atoms with Crippen LogP contribution in [-0.4, -0.2) is 16.4 Å². The number of carbonyl (C=O) groups is 2. The zero-order chi connectivity index (χ0) is 26.8. The van der Waals surface area contributed by atoms with Crippen molar-refractivity contribution >= 4 is 34.8 Å². The van der Waals surface area contributed by atoms with E-state index in [1.165, 1.54) is 0 Å². The molecule has 5 aromatic rings. The van der Waals surface area contributed by atoms with Crippen molar-refractivity contribution in [3.05, 3.63) is 154 Å². The summed E-state index contributed by atoms with van der Waals surface area (Å²) in [7, 11) is 0. The summed E-state index contributed by atoms with van der Waals surface area (Å²) in [6.07, 6.45) is 2.68. The number of hydrogen-bond donors (Lipinski definition) is 1. The Hall–Kier alpha value is -4.61. The van der Waals surface area contributed by atoms with Crippen LogP contribution in [0.25, 0.3) is 0 Å². The second-order valence-electron chi connectivity index (χ2n) is 9.62. The van der Waals surface area contributed by atoms with Crippen LogP contribution < -0.4 is 10.2 Å². The molecular formula is C33H26ClN3O2. The van der Waals surface area contributed by atoms with Crippen LogP contribution in [0, 0.1) is 0 Å². The minimum Gasteiger partial charge on any atom is -0.345 e. The molecule has 5 nitrogen and oxygen atoms in total. The van der Waals surface area contributed by atoms with Crippen LogP contribution in [0.2, 0.25) is 5.02 Å². The minimum atomic E-state index is -0.223. The molecule has 0 aliphatic carbocycles. The third kappa shape index (κ3) is 5.09. The number of fused-ring (bicyclic) bond motifs is 2. The number of nitrogens with one attached hydrogen (secondary N) is 1. The molecule has 1 aliphatic heterocycles. The summed E-state index contributed by atoms with van der Waals surface area (Å²) < 4.78 is 2.15. The molecule has 192 valence electrons. The lowest BCUT2D eigenvalue weighted by Gasteiger charge is -2.23. The van der Waals surface area contributed by atoms with Gasteiger partial charge < -0.3 is 14.8 Å². The lowest BCUT2D eigenvalue weighted by molar-refractivity contribution is 0.0984. The van der Waals surface area contributed by atoms with Gasteiger partial charge in [0.2, 0.25) is 0 Å². The van der Waals surface area contributed by atoms with Gasteiger partial charge in [-0.2, -0.15) is 0 Å². The molecule has 0 spiro atoms.